The van der Waals surface area contributed by atoms with Crippen LogP contribution in [0.1, 0.15) is 0 Å². The third kappa shape index (κ3) is 4.86. The molecule has 2 nitrogen and oxygen atoms in total. The highest BCUT2D eigenvalue weighted by atomic mass is 32.1. The van der Waals surface area contributed by atoms with Gasteiger partial charge in [-0.25, -0.2) is 0 Å². The first-order valence-corrected chi connectivity index (χ1v) is 18.9. The summed E-state index contributed by atoms with van der Waals surface area (Å²) in [7, 11) is 0. The summed E-state index contributed by atoms with van der Waals surface area (Å²) in [6.07, 6.45) is 0. The van der Waals surface area contributed by atoms with Crippen LogP contribution in [0.4, 0.5) is 17.1 Å². The van der Waals surface area contributed by atoms with Gasteiger partial charge in [-0.2, -0.15) is 0 Å². The van der Waals surface area contributed by atoms with Gasteiger partial charge in [0.05, 0.1) is 16.7 Å². The number of para-hydroxylation sites is 1. The first-order chi connectivity index (χ1) is 26.3. The summed E-state index contributed by atoms with van der Waals surface area (Å²) in [6, 6.07) is 71.1. The maximum Gasteiger partial charge on any atom is 0.0561 e. The maximum absolute atomic E-state index is 2.45. The van der Waals surface area contributed by atoms with Crippen molar-refractivity contribution in [2.45, 2.75) is 0 Å². The first kappa shape index (κ1) is 30.0. The molecule has 0 saturated carbocycles. The summed E-state index contributed by atoms with van der Waals surface area (Å²) in [5.74, 6) is 0. The van der Waals surface area contributed by atoms with E-state index in [0.29, 0.717) is 0 Å². The Hall–Kier alpha value is -6.68. The van der Waals surface area contributed by atoms with E-state index < -0.39 is 0 Å². The number of thiophene rings is 1. The second-order valence-electron chi connectivity index (χ2n) is 13.8. The Morgan fingerprint density at radius 2 is 1.06 bits per heavy atom. The molecule has 0 N–H and O–H groups in total. The minimum Gasteiger partial charge on any atom is -0.310 e. The van der Waals surface area contributed by atoms with E-state index >= 15 is 0 Å². The fourth-order valence-electron chi connectivity index (χ4n) is 8.24. The van der Waals surface area contributed by atoms with E-state index in [4.69, 9.17) is 0 Å². The number of aromatic nitrogens is 1. The van der Waals surface area contributed by atoms with Crippen LogP contribution in [-0.4, -0.2) is 4.57 Å². The van der Waals surface area contributed by atoms with Crippen molar-refractivity contribution in [1.29, 1.82) is 0 Å². The third-order valence-electron chi connectivity index (χ3n) is 10.7. The van der Waals surface area contributed by atoms with Crippen LogP contribution >= 0.6 is 11.3 Å². The van der Waals surface area contributed by atoms with E-state index in [1.807, 2.05) is 11.3 Å². The Labute approximate surface area is 311 Å². The molecule has 11 aromatic rings. The Morgan fingerprint density at radius 1 is 0.358 bits per heavy atom. The predicted molar refractivity (Wildman–Crippen MR) is 229 cm³/mol. The van der Waals surface area contributed by atoms with Gasteiger partial charge in [0.25, 0.3) is 0 Å². The molecule has 2 heterocycles. The number of hydrogen-bond donors (Lipinski definition) is 0. The average Bonchev–Trinajstić information content (AvgIpc) is 3.76. The number of fused-ring (bicyclic) bond motifs is 8. The normalized spacial score (nSPS) is 11.8. The number of nitrogens with zero attached hydrogens (tertiary/aromatic N) is 2. The molecule has 0 radical (unpaired) electrons. The molecule has 2 aromatic heterocycles. The van der Waals surface area contributed by atoms with E-state index in [1.165, 1.54) is 74.6 Å². The second kappa shape index (κ2) is 11.9. The van der Waals surface area contributed by atoms with Crippen molar-refractivity contribution in [3.8, 4) is 16.8 Å². The molecule has 248 valence electrons. The van der Waals surface area contributed by atoms with Gasteiger partial charge in [0.15, 0.2) is 0 Å². The minimum absolute atomic E-state index is 1.11. The van der Waals surface area contributed by atoms with Crippen LogP contribution in [0.15, 0.2) is 194 Å². The van der Waals surface area contributed by atoms with Gasteiger partial charge in [-0.15, -0.1) is 11.3 Å². The summed E-state index contributed by atoms with van der Waals surface area (Å²) < 4.78 is 5.11. The molecule has 0 aliphatic rings. The zero-order valence-electron chi connectivity index (χ0n) is 28.8. The lowest BCUT2D eigenvalue weighted by molar-refractivity contribution is 1.18. The van der Waals surface area contributed by atoms with Gasteiger partial charge in [0, 0.05) is 53.4 Å². The molecule has 0 bridgehead atoms. The van der Waals surface area contributed by atoms with Gasteiger partial charge in [-0.1, -0.05) is 121 Å². The summed E-state index contributed by atoms with van der Waals surface area (Å²) in [4.78, 5) is 2.40. The largest absolute Gasteiger partial charge is 0.310 e. The van der Waals surface area contributed by atoms with E-state index in [9.17, 15) is 0 Å². The highest BCUT2D eigenvalue weighted by molar-refractivity contribution is 7.25. The van der Waals surface area contributed by atoms with E-state index in [0.717, 1.165) is 22.7 Å². The quantitative estimate of drug-likeness (QED) is 0.174. The SMILES string of the molecule is c1ccc(N(c2ccc3c4cc(-c5ccc6sc7ccccc7c6c5)ccc4n(-c4ccc5ccccc5c4)c3c2)c2cccc3ccccc23)cc1. The van der Waals surface area contributed by atoms with Crippen molar-refractivity contribution in [2.24, 2.45) is 0 Å². The molecule has 0 unspecified atom stereocenters. The van der Waals surface area contributed by atoms with Gasteiger partial charge < -0.3 is 9.47 Å². The van der Waals surface area contributed by atoms with Crippen molar-refractivity contribution in [1.82, 2.24) is 4.57 Å². The smallest absolute Gasteiger partial charge is 0.0561 e. The van der Waals surface area contributed by atoms with E-state index in [-0.39, 0.29) is 0 Å². The number of hydrogen-bond acceptors (Lipinski definition) is 2. The van der Waals surface area contributed by atoms with Crippen LogP contribution in [0.5, 0.6) is 0 Å². The van der Waals surface area contributed by atoms with Gasteiger partial charge in [0.1, 0.15) is 0 Å². The zero-order chi connectivity index (χ0) is 34.9. The molecule has 9 aromatic carbocycles. The Morgan fingerprint density at radius 3 is 1.94 bits per heavy atom. The van der Waals surface area contributed by atoms with Crippen molar-refractivity contribution in [3.05, 3.63) is 194 Å². The molecule has 0 aliphatic carbocycles. The molecule has 0 amide bonds. The fraction of sp³-hybridized carbons (Fsp3) is 0. The van der Waals surface area contributed by atoms with E-state index in [1.54, 1.807) is 0 Å². The first-order valence-electron chi connectivity index (χ1n) is 18.1. The van der Waals surface area contributed by atoms with Crippen LogP contribution in [0.25, 0.3) is 80.3 Å². The maximum atomic E-state index is 2.45. The van der Waals surface area contributed by atoms with Crippen molar-refractivity contribution < 1.29 is 0 Å². The zero-order valence-corrected chi connectivity index (χ0v) is 29.6. The Bertz CT molecular complexity index is 3180. The molecule has 11 rings (SSSR count). The summed E-state index contributed by atoms with van der Waals surface area (Å²) in [5, 5.41) is 10.0. The van der Waals surface area contributed by atoms with Crippen LogP contribution in [0.2, 0.25) is 0 Å². The standard InChI is InChI=1S/C50H32N2S/c1-2-15-38(16-3-1)51(46-19-10-14-34-12-6-7-17-41(34)46)40-25-26-42-44-30-36(37-23-28-50-45(31-37)43-18-8-9-20-49(43)53-50)22-27-47(44)52(48(42)32-40)39-24-21-33-11-4-5-13-35(33)29-39/h1-32H. The van der Waals surface area contributed by atoms with Crippen molar-refractivity contribution in [2.75, 3.05) is 4.90 Å². The Balaban J connectivity index is 1.16. The molecular formula is C50H32N2S. The summed E-state index contributed by atoms with van der Waals surface area (Å²) in [6.45, 7) is 0. The van der Waals surface area contributed by atoms with Crippen molar-refractivity contribution >= 4 is 91.9 Å². The molecule has 0 fully saturated rings. The molecule has 0 aliphatic heterocycles. The van der Waals surface area contributed by atoms with Gasteiger partial charge in [-0.3, -0.25) is 0 Å². The van der Waals surface area contributed by atoms with Crippen molar-refractivity contribution in [3.63, 3.8) is 0 Å². The summed E-state index contributed by atoms with van der Waals surface area (Å²) in [5.41, 5.74) is 9.35. The summed E-state index contributed by atoms with van der Waals surface area (Å²) >= 11 is 1.87. The van der Waals surface area contributed by atoms with Crippen LogP contribution in [0.3, 0.4) is 0 Å². The second-order valence-corrected chi connectivity index (χ2v) is 14.9. The molecule has 0 spiro atoms. The molecule has 53 heavy (non-hydrogen) atoms. The lowest BCUT2D eigenvalue weighted by Gasteiger charge is -2.27. The average molecular weight is 693 g/mol. The number of anilines is 3. The van der Waals surface area contributed by atoms with E-state index in [2.05, 4.69) is 204 Å². The van der Waals surface area contributed by atoms with Crippen LogP contribution in [-0.2, 0) is 0 Å². The lowest BCUT2D eigenvalue weighted by atomic mass is 10.0. The Kier molecular flexibility index (Phi) is 6.76. The predicted octanol–water partition coefficient (Wildman–Crippen LogP) is 14.6. The minimum atomic E-state index is 1.11. The number of rotatable bonds is 5. The highest BCUT2D eigenvalue weighted by Crippen LogP contribution is 2.43. The fourth-order valence-corrected chi connectivity index (χ4v) is 9.32. The molecular weight excluding hydrogens is 661 g/mol. The van der Waals surface area contributed by atoms with Gasteiger partial charge in [-0.05, 0) is 100 Å². The van der Waals surface area contributed by atoms with Crippen LogP contribution < -0.4 is 4.90 Å². The number of benzene rings is 9. The third-order valence-corrected chi connectivity index (χ3v) is 11.9. The van der Waals surface area contributed by atoms with Gasteiger partial charge in [0.2, 0.25) is 0 Å². The topological polar surface area (TPSA) is 8.17 Å². The monoisotopic (exact) mass is 692 g/mol. The molecule has 0 saturated heterocycles. The van der Waals surface area contributed by atoms with Gasteiger partial charge >= 0.3 is 0 Å². The van der Waals surface area contributed by atoms with Crippen LogP contribution in [0, 0.1) is 0 Å². The molecule has 3 heteroatoms. The lowest BCUT2D eigenvalue weighted by Crippen LogP contribution is -2.10. The highest BCUT2D eigenvalue weighted by Gasteiger charge is 2.20. The molecule has 0 atom stereocenters.